The molecule has 1 atom stereocenters. The summed E-state index contributed by atoms with van der Waals surface area (Å²) in [7, 11) is 1.61. The van der Waals surface area contributed by atoms with Crippen LogP contribution < -0.4 is 10.1 Å². The molecular formula is C16H22N4O4. The first-order valence-corrected chi connectivity index (χ1v) is 7.60. The van der Waals surface area contributed by atoms with Gasteiger partial charge in [-0.1, -0.05) is 18.2 Å². The maximum Gasteiger partial charge on any atom is 0.333 e. The molecule has 0 saturated heterocycles. The number of rotatable bonds is 7. The molecule has 0 radical (unpaired) electrons. The van der Waals surface area contributed by atoms with E-state index in [9.17, 15) is 15.2 Å². The van der Waals surface area contributed by atoms with Crippen LogP contribution in [0, 0.1) is 30.9 Å². The van der Waals surface area contributed by atoms with Crippen LogP contribution in [0.2, 0.25) is 0 Å². The lowest BCUT2D eigenvalue weighted by Crippen LogP contribution is -2.27. The van der Waals surface area contributed by atoms with Crippen LogP contribution in [-0.2, 0) is 7.05 Å². The Balaban J connectivity index is 1.97. The molecule has 0 unspecified atom stereocenters. The largest absolute Gasteiger partial charge is 0.490 e. The van der Waals surface area contributed by atoms with Gasteiger partial charge in [0.25, 0.3) is 0 Å². The highest BCUT2D eigenvalue weighted by Gasteiger charge is 2.24. The summed E-state index contributed by atoms with van der Waals surface area (Å²) in [5.74, 6) is 1.02. The number of para-hydroxylation sites is 1. The van der Waals surface area contributed by atoms with Crippen LogP contribution in [-0.4, -0.2) is 39.1 Å². The molecule has 8 heteroatoms. The second-order valence-electron chi connectivity index (χ2n) is 5.73. The van der Waals surface area contributed by atoms with Crippen LogP contribution in [0.15, 0.2) is 18.2 Å². The van der Waals surface area contributed by atoms with Crippen molar-refractivity contribution in [2.75, 3.05) is 18.5 Å². The van der Waals surface area contributed by atoms with E-state index in [0.29, 0.717) is 5.69 Å². The fourth-order valence-electron chi connectivity index (χ4n) is 2.54. The van der Waals surface area contributed by atoms with Crippen molar-refractivity contribution in [3.63, 3.8) is 0 Å². The summed E-state index contributed by atoms with van der Waals surface area (Å²) in [5.41, 5.74) is 2.23. The van der Waals surface area contributed by atoms with E-state index in [0.717, 1.165) is 16.9 Å². The molecule has 0 amide bonds. The molecule has 0 bridgehead atoms. The maximum atomic E-state index is 11.1. The first-order valence-electron chi connectivity index (χ1n) is 7.60. The molecule has 1 aromatic carbocycles. The highest BCUT2D eigenvalue weighted by molar-refractivity contribution is 5.59. The summed E-state index contributed by atoms with van der Waals surface area (Å²) in [6, 6.07) is 5.82. The van der Waals surface area contributed by atoms with E-state index in [1.165, 1.54) is 4.68 Å². The lowest BCUT2D eigenvalue weighted by molar-refractivity contribution is -0.384. The molecule has 2 aromatic rings. The number of aryl methyl sites for hydroxylation is 4. The topological polar surface area (TPSA) is 102 Å². The number of hydrogen-bond acceptors (Lipinski definition) is 6. The number of aliphatic hydroxyl groups is 1. The first kappa shape index (κ1) is 17.7. The molecule has 0 saturated carbocycles. The Morgan fingerprint density at radius 2 is 2.00 bits per heavy atom. The number of aliphatic hydroxyl groups excluding tert-OH is 1. The number of benzene rings is 1. The quantitative estimate of drug-likeness (QED) is 0.594. The Morgan fingerprint density at radius 3 is 2.58 bits per heavy atom. The van der Waals surface area contributed by atoms with Crippen LogP contribution in [0.3, 0.4) is 0 Å². The molecule has 130 valence electrons. The van der Waals surface area contributed by atoms with Crippen molar-refractivity contribution in [1.82, 2.24) is 9.78 Å². The summed E-state index contributed by atoms with van der Waals surface area (Å²) in [5, 5.41) is 28.1. The van der Waals surface area contributed by atoms with Crippen LogP contribution in [0.1, 0.15) is 16.8 Å². The number of nitrogens with one attached hydrogen (secondary N) is 1. The van der Waals surface area contributed by atoms with Gasteiger partial charge in [0.15, 0.2) is 0 Å². The minimum Gasteiger partial charge on any atom is -0.490 e. The van der Waals surface area contributed by atoms with Gasteiger partial charge in [0.05, 0.1) is 4.92 Å². The molecule has 1 aromatic heterocycles. The van der Waals surface area contributed by atoms with Crippen LogP contribution >= 0.6 is 0 Å². The van der Waals surface area contributed by atoms with Crippen molar-refractivity contribution in [3.8, 4) is 5.75 Å². The van der Waals surface area contributed by atoms with E-state index in [2.05, 4.69) is 10.4 Å². The van der Waals surface area contributed by atoms with Gasteiger partial charge < -0.3 is 15.2 Å². The third-order valence-corrected chi connectivity index (χ3v) is 3.71. The summed E-state index contributed by atoms with van der Waals surface area (Å²) in [4.78, 5) is 10.6. The zero-order valence-electron chi connectivity index (χ0n) is 14.2. The SMILES string of the molecule is Cc1cccc(C)c1OC[C@H](O)CNc1c([N+](=O)[O-])c(C)nn1C. The lowest BCUT2D eigenvalue weighted by atomic mass is 10.1. The first-order chi connectivity index (χ1) is 11.3. The summed E-state index contributed by atoms with van der Waals surface area (Å²) < 4.78 is 7.08. The van der Waals surface area contributed by atoms with Crippen LogP contribution in [0.5, 0.6) is 5.75 Å². The summed E-state index contributed by atoms with van der Waals surface area (Å²) >= 11 is 0. The summed E-state index contributed by atoms with van der Waals surface area (Å²) in [6.07, 6.45) is -0.821. The minimum absolute atomic E-state index is 0.0830. The van der Waals surface area contributed by atoms with Gasteiger partial charge in [0, 0.05) is 13.6 Å². The fourth-order valence-corrected chi connectivity index (χ4v) is 2.54. The molecule has 2 rings (SSSR count). The van der Waals surface area contributed by atoms with E-state index in [1.54, 1.807) is 14.0 Å². The van der Waals surface area contributed by atoms with Gasteiger partial charge in [-0.05, 0) is 31.9 Å². The third-order valence-electron chi connectivity index (χ3n) is 3.71. The van der Waals surface area contributed by atoms with E-state index in [1.807, 2.05) is 32.0 Å². The van der Waals surface area contributed by atoms with Crippen molar-refractivity contribution >= 4 is 11.5 Å². The Morgan fingerprint density at radius 1 is 1.38 bits per heavy atom. The van der Waals surface area contributed by atoms with Crippen molar-refractivity contribution in [1.29, 1.82) is 0 Å². The van der Waals surface area contributed by atoms with E-state index < -0.39 is 11.0 Å². The van der Waals surface area contributed by atoms with Gasteiger partial charge in [-0.2, -0.15) is 5.10 Å². The predicted molar refractivity (Wildman–Crippen MR) is 90.5 cm³/mol. The van der Waals surface area contributed by atoms with Gasteiger partial charge in [-0.15, -0.1) is 0 Å². The van der Waals surface area contributed by atoms with Crippen molar-refractivity contribution < 1.29 is 14.8 Å². The van der Waals surface area contributed by atoms with E-state index in [4.69, 9.17) is 4.74 Å². The highest BCUT2D eigenvalue weighted by atomic mass is 16.6. The Kier molecular flexibility index (Phi) is 5.40. The molecule has 0 aliphatic heterocycles. The maximum absolute atomic E-state index is 11.1. The molecular weight excluding hydrogens is 312 g/mol. The molecule has 2 N–H and O–H groups in total. The molecule has 1 heterocycles. The molecule has 24 heavy (non-hydrogen) atoms. The Labute approximate surface area is 140 Å². The average molecular weight is 334 g/mol. The van der Waals surface area contributed by atoms with Crippen LogP contribution in [0.25, 0.3) is 0 Å². The van der Waals surface area contributed by atoms with Crippen molar-refractivity contribution in [2.45, 2.75) is 26.9 Å². The standard InChI is InChI=1S/C16H22N4O4/c1-10-6-5-7-11(2)15(10)24-9-13(21)8-17-16-14(20(22)23)12(3)18-19(16)4/h5-7,13,17,21H,8-9H2,1-4H3/t13-/m1/s1. The third kappa shape index (κ3) is 3.83. The molecule has 0 aliphatic rings. The van der Waals surface area contributed by atoms with Gasteiger partial charge >= 0.3 is 5.69 Å². The number of nitrogens with zero attached hydrogens (tertiary/aromatic N) is 3. The zero-order valence-corrected chi connectivity index (χ0v) is 14.2. The smallest absolute Gasteiger partial charge is 0.333 e. The summed E-state index contributed by atoms with van der Waals surface area (Å²) in [6.45, 7) is 5.65. The van der Waals surface area contributed by atoms with Crippen molar-refractivity contribution in [2.24, 2.45) is 7.05 Å². The Hall–Kier alpha value is -2.61. The van der Waals surface area contributed by atoms with Crippen molar-refractivity contribution in [3.05, 3.63) is 45.1 Å². The molecule has 0 aliphatic carbocycles. The van der Waals surface area contributed by atoms with E-state index >= 15 is 0 Å². The van der Waals surface area contributed by atoms with Gasteiger partial charge in [0.1, 0.15) is 24.2 Å². The normalized spacial score (nSPS) is 12.0. The van der Waals surface area contributed by atoms with Gasteiger partial charge in [0.2, 0.25) is 5.82 Å². The van der Waals surface area contributed by atoms with Gasteiger partial charge in [-0.3, -0.25) is 10.1 Å². The number of ether oxygens (including phenoxy) is 1. The number of nitro groups is 1. The number of anilines is 1. The number of hydrogen-bond donors (Lipinski definition) is 2. The minimum atomic E-state index is -0.821. The average Bonchev–Trinajstić information content (AvgIpc) is 2.78. The highest BCUT2D eigenvalue weighted by Crippen LogP contribution is 2.27. The second kappa shape index (κ2) is 7.31. The second-order valence-corrected chi connectivity index (χ2v) is 5.73. The predicted octanol–water partition coefficient (Wildman–Crippen LogP) is 2.11. The monoisotopic (exact) mass is 334 g/mol. The van der Waals surface area contributed by atoms with Crippen LogP contribution in [0.4, 0.5) is 11.5 Å². The fraction of sp³-hybridized carbons (Fsp3) is 0.438. The van der Waals surface area contributed by atoms with Gasteiger partial charge in [-0.25, -0.2) is 4.68 Å². The van der Waals surface area contributed by atoms with E-state index in [-0.39, 0.29) is 24.7 Å². The molecule has 8 nitrogen and oxygen atoms in total. The number of aromatic nitrogens is 2. The zero-order chi connectivity index (χ0) is 17.9. The lowest BCUT2D eigenvalue weighted by Gasteiger charge is -2.16. The molecule has 0 spiro atoms. The Bertz CT molecular complexity index is 722. The molecule has 0 fully saturated rings.